The fraction of sp³-hybridized carbons (Fsp3) is 0.462. The number of halogens is 1. The Labute approximate surface area is 216 Å². The second kappa shape index (κ2) is 12.1. The minimum Gasteiger partial charge on any atom is -0.492 e. The molecule has 1 aromatic heterocycles. The van der Waals surface area contributed by atoms with Gasteiger partial charge in [-0.2, -0.15) is 0 Å². The van der Waals surface area contributed by atoms with E-state index in [0.717, 1.165) is 19.3 Å². The van der Waals surface area contributed by atoms with Crippen molar-refractivity contribution in [3.8, 4) is 5.75 Å². The number of carbonyl (C=O) groups excluding carboxylic acids is 2. The van der Waals surface area contributed by atoms with Crippen LogP contribution in [0.2, 0.25) is 5.02 Å². The van der Waals surface area contributed by atoms with Gasteiger partial charge in [0.2, 0.25) is 0 Å². The van der Waals surface area contributed by atoms with E-state index in [9.17, 15) is 14.4 Å². The summed E-state index contributed by atoms with van der Waals surface area (Å²) in [5, 5.41) is 9.40. The molecule has 0 saturated heterocycles. The van der Waals surface area contributed by atoms with Gasteiger partial charge in [-0.05, 0) is 70.4 Å². The molecule has 0 radical (unpaired) electrons. The summed E-state index contributed by atoms with van der Waals surface area (Å²) in [6.07, 6.45) is 5.24. The topological polar surface area (TPSA) is 109 Å². The lowest BCUT2D eigenvalue weighted by atomic mass is 9.90. The summed E-state index contributed by atoms with van der Waals surface area (Å²) in [5.74, 6) is -0.858. The summed E-state index contributed by atoms with van der Waals surface area (Å²) in [4.78, 5) is 44.2. The van der Waals surface area contributed by atoms with Gasteiger partial charge in [0, 0.05) is 35.6 Å². The molecule has 1 saturated carbocycles. The zero-order valence-electron chi connectivity index (χ0n) is 20.8. The molecule has 10 heteroatoms. The number of hydrogen-bond acceptors (Lipinski definition) is 6. The molecule has 0 spiro atoms. The summed E-state index contributed by atoms with van der Waals surface area (Å²) < 4.78 is 11.4. The van der Waals surface area contributed by atoms with Crippen molar-refractivity contribution in [2.24, 2.45) is 0 Å². The molecule has 1 N–H and O–H groups in total. The molecule has 1 aromatic carbocycles. The summed E-state index contributed by atoms with van der Waals surface area (Å²) in [5.41, 5.74) is 0.269. The molecule has 1 aliphatic carbocycles. The Balaban J connectivity index is 1.71. The summed E-state index contributed by atoms with van der Waals surface area (Å²) in [6.45, 7) is 5.81. The molecule has 0 bridgehead atoms. The molecular formula is C26H32ClN3O6. The van der Waals surface area contributed by atoms with Crippen LogP contribution in [0.5, 0.6) is 5.75 Å². The maximum absolute atomic E-state index is 13.2. The third-order valence-electron chi connectivity index (χ3n) is 5.63. The van der Waals surface area contributed by atoms with Crippen molar-refractivity contribution < 1.29 is 29.0 Å². The van der Waals surface area contributed by atoms with E-state index in [-0.39, 0.29) is 38.1 Å². The van der Waals surface area contributed by atoms with Gasteiger partial charge in [0.15, 0.2) is 0 Å². The molecule has 0 unspecified atom stereocenters. The third kappa shape index (κ3) is 7.84. The number of benzene rings is 1. The van der Waals surface area contributed by atoms with Gasteiger partial charge in [-0.3, -0.25) is 19.5 Å². The average molecular weight is 518 g/mol. The SMILES string of the molecule is CC(C)(C)OC(=O)N(CCOc1cc(Cl)cc(C(=O)N(CCC(=O)O)C2CCC2)c1)c1ccncc1. The zero-order valence-corrected chi connectivity index (χ0v) is 21.5. The number of rotatable bonds is 10. The summed E-state index contributed by atoms with van der Waals surface area (Å²) in [7, 11) is 0. The van der Waals surface area contributed by atoms with Crippen molar-refractivity contribution in [1.82, 2.24) is 9.88 Å². The van der Waals surface area contributed by atoms with Crippen molar-refractivity contribution in [2.45, 2.75) is 58.1 Å². The summed E-state index contributed by atoms with van der Waals surface area (Å²) >= 11 is 6.28. The van der Waals surface area contributed by atoms with E-state index >= 15 is 0 Å². The maximum atomic E-state index is 13.2. The predicted molar refractivity (Wildman–Crippen MR) is 136 cm³/mol. The van der Waals surface area contributed by atoms with Crippen molar-refractivity contribution in [1.29, 1.82) is 0 Å². The third-order valence-corrected chi connectivity index (χ3v) is 5.85. The Kier molecular flexibility index (Phi) is 9.14. The van der Waals surface area contributed by atoms with Crippen molar-refractivity contribution in [3.63, 3.8) is 0 Å². The number of aliphatic carboxylic acids is 1. The molecule has 1 aliphatic rings. The smallest absolute Gasteiger partial charge is 0.414 e. The first-order valence-electron chi connectivity index (χ1n) is 11.9. The van der Waals surface area contributed by atoms with E-state index in [1.165, 1.54) is 4.90 Å². The van der Waals surface area contributed by atoms with Crippen LogP contribution in [0.15, 0.2) is 42.7 Å². The first-order chi connectivity index (χ1) is 17.0. The lowest BCUT2D eigenvalue weighted by Gasteiger charge is -2.37. The summed E-state index contributed by atoms with van der Waals surface area (Å²) in [6, 6.07) is 8.16. The largest absolute Gasteiger partial charge is 0.492 e. The molecule has 2 amide bonds. The number of hydrogen-bond donors (Lipinski definition) is 1. The fourth-order valence-corrected chi connectivity index (χ4v) is 3.95. The van der Waals surface area contributed by atoms with Gasteiger partial charge in [0.25, 0.3) is 5.91 Å². The van der Waals surface area contributed by atoms with Crippen LogP contribution in [0.4, 0.5) is 10.5 Å². The van der Waals surface area contributed by atoms with Crippen LogP contribution in [0.25, 0.3) is 0 Å². The van der Waals surface area contributed by atoms with Crippen molar-refractivity contribution in [3.05, 3.63) is 53.3 Å². The van der Waals surface area contributed by atoms with E-state index in [4.69, 9.17) is 26.2 Å². The number of nitrogens with zero attached hydrogens (tertiary/aromatic N) is 3. The van der Waals surface area contributed by atoms with Crippen LogP contribution in [0.3, 0.4) is 0 Å². The molecule has 36 heavy (non-hydrogen) atoms. The number of aromatic nitrogens is 1. The van der Waals surface area contributed by atoms with Gasteiger partial charge in [0.1, 0.15) is 18.0 Å². The first-order valence-corrected chi connectivity index (χ1v) is 12.3. The van der Waals surface area contributed by atoms with Gasteiger partial charge < -0.3 is 19.5 Å². The number of ether oxygens (including phenoxy) is 2. The van der Waals surface area contributed by atoms with Crippen molar-refractivity contribution >= 4 is 35.3 Å². The molecule has 194 valence electrons. The van der Waals surface area contributed by atoms with Crippen LogP contribution >= 0.6 is 11.6 Å². The fourth-order valence-electron chi connectivity index (χ4n) is 3.72. The predicted octanol–water partition coefficient (Wildman–Crippen LogP) is 5.02. The molecule has 9 nitrogen and oxygen atoms in total. The molecular weight excluding hydrogens is 486 g/mol. The highest BCUT2D eigenvalue weighted by Crippen LogP contribution is 2.29. The Morgan fingerprint density at radius 1 is 1.11 bits per heavy atom. The van der Waals surface area contributed by atoms with Gasteiger partial charge in [-0.15, -0.1) is 0 Å². The minimum absolute atomic E-state index is 0.0305. The van der Waals surface area contributed by atoms with Crippen LogP contribution in [0.1, 0.15) is 56.8 Å². The van der Waals surface area contributed by atoms with E-state index in [1.54, 1.807) is 68.4 Å². The average Bonchev–Trinajstić information content (AvgIpc) is 2.76. The second-order valence-corrected chi connectivity index (χ2v) is 10.0. The van der Waals surface area contributed by atoms with E-state index in [2.05, 4.69) is 4.98 Å². The molecule has 1 fully saturated rings. The molecule has 0 atom stereocenters. The van der Waals surface area contributed by atoms with E-state index < -0.39 is 17.7 Å². The Morgan fingerprint density at radius 3 is 2.39 bits per heavy atom. The molecule has 1 heterocycles. The molecule has 3 rings (SSSR count). The highest BCUT2D eigenvalue weighted by Gasteiger charge is 2.30. The highest BCUT2D eigenvalue weighted by molar-refractivity contribution is 6.31. The van der Waals surface area contributed by atoms with Crippen LogP contribution in [0, 0.1) is 0 Å². The van der Waals surface area contributed by atoms with E-state index in [0.29, 0.717) is 22.0 Å². The standard InChI is InChI=1S/C26H32ClN3O6/c1-26(2,3)36-25(34)30(21-7-10-28-11-8-21)13-14-35-22-16-18(15-19(27)17-22)24(33)29(12-9-23(31)32)20-5-4-6-20/h7-8,10-11,15-17,20H,4-6,9,12-14H2,1-3H3,(H,31,32). The van der Waals surface area contributed by atoms with E-state index in [1.807, 2.05) is 0 Å². The zero-order chi connectivity index (χ0) is 26.3. The van der Waals surface area contributed by atoms with Crippen molar-refractivity contribution in [2.75, 3.05) is 24.6 Å². The number of pyridine rings is 1. The Hall–Kier alpha value is -3.33. The van der Waals surface area contributed by atoms with Gasteiger partial charge in [0.05, 0.1) is 18.7 Å². The maximum Gasteiger partial charge on any atom is 0.414 e. The van der Waals surface area contributed by atoms with Gasteiger partial charge in [-0.1, -0.05) is 11.6 Å². The van der Waals surface area contributed by atoms with Crippen LogP contribution in [-0.2, 0) is 9.53 Å². The van der Waals surface area contributed by atoms with Gasteiger partial charge in [-0.25, -0.2) is 4.79 Å². The molecule has 0 aliphatic heterocycles. The lowest BCUT2D eigenvalue weighted by Crippen LogP contribution is -2.45. The minimum atomic E-state index is -0.953. The number of anilines is 1. The monoisotopic (exact) mass is 517 g/mol. The number of amides is 2. The highest BCUT2D eigenvalue weighted by atomic mass is 35.5. The van der Waals surface area contributed by atoms with Crippen LogP contribution in [-0.4, -0.2) is 64.3 Å². The quantitative estimate of drug-likeness (QED) is 0.471. The first kappa shape index (κ1) is 27.3. The normalized spacial score (nSPS) is 13.4. The lowest BCUT2D eigenvalue weighted by molar-refractivity contribution is -0.137. The number of carboxylic acids is 1. The Morgan fingerprint density at radius 2 is 1.81 bits per heavy atom. The van der Waals surface area contributed by atoms with Crippen LogP contribution < -0.4 is 9.64 Å². The Bertz CT molecular complexity index is 1070. The second-order valence-electron chi connectivity index (χ2n) is 9.59. The number of carboxylic acid groups (broad SMARTS) is 1. The molecule has 2 aromatic rings. The van der Waals surface area contributed by atoms with Gasteiger partial charge >= 0.3 is 12.1 Å². The number of carbonyl (C=O) groups is 3.